The summed E-state index contributed by atoms with van der Waals surface area (Å²) in [5.41, 5.74) is 3.40. The number of nitrogens with two attached hydrogens (primary N) is 1. The summed E-state index contributed by atoms with van der Waals surface area (Å²) in [6.07, 6.45) is -8.18. The van der Waals surface area contributed by atoms with E-state index in [4.69, 9.17) is 11.0 Å². The Morgan fingerprint density at radius 2 is 2.06 bits per heavy atom. The third-order valence-corrected chi connectivity index (χ3v) is 1.92. The third kappa shape index (κ3) is 3.19. The van der Waals surface area contributed by atoms with Crippen molar-refractivity contribution >= 4 is 5.69 Å². The fourth-order valence-corrected chi connectivity index (χ4v) is 1.19. The second-order valence-electron chi connectivity index (χ2n) is 3.09. The highest BCUT2D eigenvalue weighted by molar-refractivity contribution is 5.58. The summed E-state index contributed by atoms with van der Waals surface area (Å²) in [4.78, 5) is 3.11. The monoisotopic (exact) mass is 267 g/mol. The van der Waals surface area contributed by atoms with Crippen LogP contribution in [-0.2, 0) is 6.42 Å². The normalized spacial score (nSPS) is 11.4. The van der Waals surface area contributed by atoms with Crippen LogP contribution in [0.4, 0.5) is 27.6 Å². The minimum absolute atomic E-state index is 0.488. The number of nitrogens with zero attached hydrogens (tertiary/aromatic N) is 2. The zero-order valence-corrected chi connectivity index (χ0v) is 8.63. The van der Waals surface area contributed by atoms with Crippen molar-refractivity contribution in [3.8, 4) is 11.9 Å². The third-order valence-electron chi connectivity index (χ3n) is 1.92. The number of nitrogen functional groups attached to an aromatic ring is 1. The molecule has 0 fully saturated rings. The van der Waals surface area contributed by atoms with Crippen LogP contribution in [-0.4, -0.2) is 11.3 Å². The summed E-state index contributed by atoms with van der Waals surface area (Å²) < 4.78 is 64.5. The molecule has 0 spiro atoms. The minimum atomic E-state index is -5.05. The summed E-state index contributed by atoms with van der Waals surface area (Å²) in [6.45, 7) is 0. The molecule has 0 unspecified atom stereocenters. The molecular formula is C9H6F5N3O. The molecule has 0 bridgehead atoms. The Morgan fingerprint density at radius 3 is 2.50 bits per heavy atom. The van der Waals surface area contributed by atoms with E-state index in [-0.39, 0.29) is 0 Å². The first-order chi connectivity index (χ1) is 8.26. The van der Waals surface area contributed by atoms with Gasteiger partial charge in [0.15, 0.2) is 0 Å². The summed E-state index contributed by atoms with van der Waals surface area (Å²) in [7, 11) is 0. The van der Waals surface area contributed by atoms with Gasteiger partial charge < -0.3 is 10.5 Å². The van der Waals surface area contributed by atoms with Crippen molar-refractivity contribution in [3.63, 3.8) is 0 Å². The quantitative estimate of drug-likeness (QED) is 0.854. The molecule has 18 heavy (non-hydrogen) atoms. The lowest BCUT2D eigenvalue weighted by molar-refractivity contribution is -0.276. The molecule has 0 amide bonds. The van der Waals surface area contributed by atoms with E-state index in [9.17, 15) is 22.0 Å². The predicted molar refractivity (Wildman–Crippen MR) is 49.6 cm³/mol. The van der Waals surface area contributed by atoms with Crippen LogP contribution in [0.5, 0.6) is 5.88 Å². The molecule has 1 rings (SSSR count). The lowest BCUT2D eigenvalue weighted by Crippen LogP contribution is -2.20. The summed E-state index contributed by atoms with van der Waals surface area (Å²) in [5.74, 6) is -0.994. The number of anilines is 1. The SMILES string of the molecule is N#CCc1c(OC(F)(F)F)ncc(C(F)F)c1N. The number of ether oxygens (including phenoxy) is 1. The van der Waals surface area contributed by atoms with Crippen LogP contribution >= 0.6 is 0 Å². The maximum Gasteiger partial charge on any atom is 0.574 e. The largest absolute Gasteiger partial charge is 0.574 e. The Morgan fingerprint density at radius 1 is 1.44 bits per heavy atom. The molecular weight excluding hydrogens is 261 g/mol. The highest BCUT2D eigenvalue weighted by Gasteiger charge is 2.34. The van der Waals surface area contributed by atoms with Gasteiger partial charge in [-0.25, -0.2) is 13.8 Å². The van der Waals surface area contributed by atoms with Gasteiger partial charge in [0, 0.05) is 6.20 Å². The first kappa shape index (κ1) is 14.0. The lowest BCUT2D eigenvalue weighted by Gasteiger charge is -2.14. The average Bonchev–Trinajstić information content (AvgIpc) is 2.21. The van der Waals surface area contributed by atoms with Gasteiger partial charge in [0.25, 0.3) is 6.43 Å². The Bertz CT molecular complexity index is 480. The minimum Gasteiger partial charge on any atom is -0.398 e. The first-order valence-electron chi connectivity index (χ1n) is 4.44. The molecule has 0 radical (unpaired) electrons. The van der Waals surface area contributed by atoms with Gasteiger partial charge in [-0.3, -0.25) is 0 Å². The lowest BCUT2D eigenvalue weighted by atomic mass is 10.1. The molecule has 0 aliphatic heterocycles. The second-order valence-corrected chi connectivity index (χ2v) is 3.09. The fraction of sp³-hybridized carbons (Fsp3) is 0.333. The average molecular weight is 267 g/mol. The van der Waals surface area contributed by atoms with Gasteiger partial charge in [0.2, 0.25) is 5.88 Å². The molecule has 0 saturated heterocycles. The Kier molecular flexibility index (Phi) is 3.90. The number of hydrogen-bond acceptors (Lipinski definition) is 4. The van der Waals surface area contributed by atoms with Crippen molar-refractivity contribution < 1.29 is 26.7 Å². The number of aromatic nitrogens is 1. The van der Waals surface area contributed by atoms with E-state index in [2.05, 4.69) is 9.72 Å². The second kappa shape index (κ2) is 5.03. The maximum absolute atomic E-state index is 12.5. The number of hydrogen-bond donors (Lipinski definition) is 1. The Balaban J connectivity index is 3.28. The van der Waals surface area contributed by atoms with Crippen LogP contribution in [0.3, 0.4) is 0 Å². The molecule has 0 aliphatic rings. The maximum atomic E-state index is 12.5. The predicted octanol–water partition coefficient (Wildman–Crippen LogP) is 2.57. The van der Waals surface area contributed by atoms with Crippen LogP contribution in [0.2, 0.25) is 0 Å². The Hall–Kier alpha value is -2.11. The van der Waals surface area contributed by atoms with Crippen LogP contribution in [0.15, 0.2) is 6.20 Å². The van der Waals surface area contributed by atoms with E-state index in [0.29, 0.717) is 6.20 Å². The van der Waals surface area contributed by atoms with Crippen molar-refractivity contribution in [2.24, 2.45) is 0 Å². The molecule has 98 valence electrons. The van der Waals surface area contributed by atoms with Crippen LogP contribution < -0.4 is 10.5 Å². The van der Waals surface area contributed by atoms with Crippen LogP contribution in [0.25, 0.3) is 0 Å². The fourth-order valence-electron chi connectivity index (χ4n) is 1.19. The van der Waals surface area contributed by atoms with Crippen LogP contribution in [0.1, 0.15) is 17.6 Å². The molecule has 0 saturated carbocycles. The van der Waals surface area contributed by atoms with Crippen molar-refractivity contribution in [2.75, 3.05) is 5.73 Å². The number of alkyl halides is 5. The van der Waals surface area contributed by atoms with Gasteiger partial charge in [-0.1, -0.05) is 0 Å². The van der Waals surface area contributed by atoms with Crippen LogP contribution in [0, 0.1) is 11.3 Å². The van der Waals surface area contributed by atoms with Crippen molar-refractivity contribution in [3.05, 3.63) is 17.3 Å². The molecule has 4 nitrogen and oxygen atoms in total. The van der Waals surface area contributed by atoms with Gasteiger partial charge in [-0.05, 0) is 0 Å². The molecule has 9 heteroatoms. The number of halogens is 5. The van der Waals surface area contributed by atoms with Gasteiger partial charge in [-0.2, -0.15) is 5.26 Å². The van der Waals surface area contributed by atoms with E-state index in [1.165, 1.54) is 6.07 Å². The highest BCUT2D eigenvalue weighted by Crippen LogP contribution is 2.34. The van der Waals surface area contributed by atoms with Gasteiger partial charge in [0.1, 0.15) is 0 Å². The Labute approximate surface area is 97.8 Å². The van der Waals surface area contributed by atoms with E-state index >= 15 is 0 Å². The van der Waals surface area contributed by atoms with Crippen molar-refractivity contribution in [2.45, 2.75) is 19.2 Å². The van der Waals surface area contributed by atoms with E-state index < -0.39 is 41.9 Å². The zero-order valence-electron chi connectivity index (χ0n) is 8.63. The summed E-state index contributed by atoms with van der Waals surface area (Å²) in [6, 6.07) is 1.50. The van der Waals surface area contributed by atoms with Gasteiger partial charge >= 0.3 is 6.36 Å². The molecule has 0 aliphatic carbocycles. The van der Waals surface area contributed by atoms with Gasteiger partial charge in [0.05, 0.1) is 29.3 Å². The molecule has 2 N–H and O–H groups in total. The molecule has 0 atom stereocenters. The summed E-state index contributed by atoms with van der Waals surface area (Å²) >= 11 is 0. The zero-order chi connectivity index (χ0) is 13.9. The molecule has 1 aromatic heterocycles. The first-order valence-corrected chi connectivity index (χ1v) is 4.44. The number of pyridine rings is 1. The van der Waals surface area contributed by atoms with Crippen molar-refractivity contribution in [1.82, 2.24) is 4.98 Å². The van der Waals surface area contributed by atoms with Gasteiger partial charge in [-0.15, -0.1) is 13.2 Å². The number of rotatable bonds is 3. The standard InChI is InChI=1S/C9H6F5N3O/c10-7(11)5-3-17-8(18-9(12,13)14)4(1-2-15)6(5)16/h3,7H,1H2,(H2,16,17). The molecule has 1 aromatic rings. The summed E-state index contributed by atoms with van der Waals surface area (Å²) in [5, 5.41) is 8.44. The molecule has 0 aromatic carbocycles. The highest BCUT2D eigenvalue weighted by atomic mass is 19.4. The topological polar surface area (TPSA) is 71.9 Å². The number of nitriles is 1. The van der Waals surface area contributed by atoms with Crippen molar-refractivity contribution in [1.29, 1.82) is 5.26 Å². The van der Waals surface area contributed by atoms with E-state index in [1.54, 1.807) is 0 Å². The smallest absolute Gasteiger partial charge is 0.398 e. The molecule has 1 heterocycles. The van der Waals surface area contributed by atoms with E-state index in [1.807, 2.05) is 0 Å². The van der Waals surface area contributed by atoms with E-state index in [0.717, 1.165) is 0 Å².